The van der Waals surface area contributed by atoms with Crippen LogP contribution in [0, 0.1) is 0 Å². The number of rotatable bonds is 1. The summed E-state index contributed by atoms with van der Waals surface area (Å²) >= 11 is 6.04. The molecule has 0 aliphatic carbocycles. The van der Waals surface area contributed by atoms with Crippen molar-refractivity contribution in [1.29, 1.82) is 0 Å². The van der Waals surface area contributed by atoms with Gasteiger partial charge in [-0.3, -0.25) is 0 Å². The maximum Gasteiger partial charge on any atom is 0.119 e. The summed E-state index contributed by atoms with van der Waals surface area (Å²) in [4.78, 5) is 0. The summed E-state index contributed by atoms with van der Waals surface area (Å²) in [5.41, 5.74) is 2.07. The van der Waals surface area contributed by atoms with Crippen molar-refractivity contribution >= 4 is 22.3 Å². The van der Waals surface area contributed by atoms with E-state index in [2.05, 4.69) is 5.32 Å². The van der Waals surface area contributed by atoms with Crippen molar-refractivity contribution in [2.75, 3.05) is 19.0 Å². The van der Waals surface area contributed by atoms with E-state index in [9.17, 15) is 0 Å². The van der Waals surface area contributed by atoms with Crippen LogP contribution < -0.4 is 10.1 Å². The monoisotopic (exact) mass is 195 g/mol. The Labute approximate surface area is 82.2 Å². The first-order chi connectivity index (χ1) is 6.31. The van der Waals surface area contributed by atoms with E-state index >= 15 is 0 Å². The molecule has 1 aromatic carbocycles. The van der Waals surface area contributed by atoms with Gasteiger partial charge in [0, 0.05) is 22.8 Å². The molecule has 2 nitrogen and oxygen atoms in total. The maximum atomic E-state index is 6.04. The zero-order valence-electron chi connectivity index (χ0n) is 7.30. The predicted molar refractivity (Wildman–Crippen MR) is 55.3 cm³/mol. The Balaban J connectivity index is 2.50. The van der Waals surface area contributed by atoms with Crippen LogP contribution in [0.2, 0.25) is 0 Å². The highest BCUT2D eigenvalue weighted by molar-refractivity contribution is 6.49. The van der Waals surface area contributed by atoms with Crippen LogP contribution in [-0.2, 0) is 0 Å². The minimum atomic E-state index is 0.785. The molecule has 0 fully saturated rings. The molecule has 13 heavy (non-hydrogen) atoms. The Morgan fingerprint density at radius 3 is 3.08 bits per heavy atom. The van der Waals surface area contributed by atoms with E-state index in [1.165, 1.54) is 0 Å². The minimum absolute atomic E-state index is 0.785. The van der Waals surface area contributed by atoms with Gasteiger partial charge in [0.25, 0.3) is 0 Å². The van der Waals surface area contributed by atoms with Crippen LogP contribution in [0.15, 0.2) is 24.3 Å². The minimum Gasteiger partial charge on any atom is -0.497 e. The second-order valence-electron chi connectivity index (χ2n) is 2.84. The first-order valence-corrected chi connectivity index (χ1v) is 4.47. The van der Waals surface area contributed by atoms with Crippen LogP contribution >= 0.6 is 11.6 Å². The molecule has 1 aromatic rings. The molecule has 0 saturated carbocycles. The van der Waals surface area contributed by atoms with Crippen molar-refractivity contribution < 1.29 is 4.74 Å². The Bertz CT molecular complexity index is 360. The first-order valence-electron chi connectivity index (χ1n) is 4.09. The van der Waals surface area contributed by atoms with Gasteiger partial charge in [0.1, 0.15) is 5.75 Å². The van der Waals surface area contributed by atoms with E-state index in [0.717, 1.165) is 28.6 Å². The molecule has 0 unspecified atom stereocenters. The van der Waals surface area contributed by atoms with Gasteiger partial charge in [0.2, 0.25) is 0 Å². The second kappa shape index (κ2) is 3.30. The molecule has 0 atom stereocenters. The van der Waals surface area contributed by atoms with E-state index in [-0.39, 0.29) is 0 Å². The summed E-state index contributed by atoms with van der Waals surface area (Å²) in [5.74, 6) is 0.828. The Morgan fingerprint density at radius 1 is 1.46 bits per heavy atom. The highest BCUT2D eigenvalue weighted by Crippen LogP contribution is 2.32. The third-order valence-electron chi connectivity index (χ3n) is 2.06. The van der Waals surface area contributed by atoms with Crippen molar-refractivity contribution in [1.82, 2.24) is 0 Å². The number of ether oxygens (including phenoxy) is 1. The van der Waals surface area contributed by atoms with Gasteiger partial charge in [-0.1, -0.05) is 11.6 Å². The van der Waals surface area contributed by atoms with Crippen LogP contribution in [0.25, 0.3) is 5.03 Å². The van der Waals surface area contributed by atoms with E-state index in [1.54, 1.807) is 7.11 Å². The van der Waals surface area contributed by atoms with Gasteiger partial charge >= 0.3 is 0 Å². The number of methoxy groups -OCH3 is 1. The fraction of sp³-hybridized carbons (Fsp3) is 0.200. The Morgan fingerprint density at radius 2 is 2.31 bits per heavy atom. The smallest absolute Gasteiger partial charge is 0.119 e. The zero-order chi connectivity index (χ0) is 9.26. The lowest BCUT2D eigenvalue weighted by Crippen LogP contribution is -2.06. The van der Waals surface area contributed by atoms with Crippen molar-refractivity contribution in [2.24, 2.45) is 0 Å². The van der Waals surface area contributed by atoms with Crippen molar-refractivity contribution in [3.05, 3.63) is 29.8 Å². The van der Waals surface area contributed by atoms with Gasteiger partial charge in [-0.05, 0) is 24.3 Å². The maximum absolute atomic E-state index is 6.04. The van der Waals surface area contributed by atoms with E-state index in [4.69, 9.17) is 16.3 Å². The summed E-state index contributed by atoms with van der Waals surface area (Å²) in [7, 11) is 1.65. The van der Waals surface area contributed by atoms with Gasteiger partial charge in [-0.2, -0.15) is 0 Å². The molecule has 1 aliphatic heterocycles. The second-order valence-corrected chi connectivity index (χ2v) is 3.25. The molecule has 0 bridgehead atoms. The van der Waals surface area contributed by atoms with Crippen LogP contribution in [0.5, 0.6) is 5.75 Å². The number of benzene rings is 1. The van der Waals surface area contributed by atoms with Crippen LogP contribution in [-0.4, -0.2) is 13.7 Å². The van der Waals surface area contributed by atoms with Crippen LogP contribution in [0.1, 0.15) is 5.56 Å². The van der Waals surface area contributed by atoms with Gasteiger partial charge in [0.15, 0.2) is 0 Å². The van der Waals surface area contributed by atoms with Crippen LogP contribution in [0.3, 0.4) is 0 Å². The van der Waals surface area contributed by atoms with E-state index in [1.807, 2.05) is 24.3 Å². The number of hydrogen-bond donors (Lipinski definition) is 1. The summed E-state index contributed by atoms with van der Waals surface area (Å²) in [5, 5.41) is 4.01. The molecule has 0 spiro atoms. The number of halogens is 1. The summed E-state index contributed by atoms with van der Waals surface area (Å²) in [6, 6.07) is 5.82. The Hall–Kier alpha value is -1.15. The highest BCUT2D eigenvalue weighted by Gasteiger charge is 2.10. The molecular weight excluding hydrogens is 186 g/mol. The molecule has 0 radical (unpaired) electrons. The predicted octanol–water partition coefficient (Wildman–Crippen LogP) is 2.70. The van der Waals surface area contributed by atoms with E-state index in [0.29, 0.717) is 0 Å². The largest absolute Gasteiger partial charge is 0.497 e. The number of anilines is 1. The Kier molecular flexibility index (Phi) is 2.15. The number of hydrogen-bond acceptors (Lipinski definition) is 2. The average molecular weight is 196 g/mol. The van der Waals surface area contributed by atoms with E-state index < -0.39 is 0 Å². The summed E-state index contributed by atoms with van der Waals surface area (Å²) in [6.45, 7) is 0.790. The standard InChI is InChI=1S/C10H10ClNO/c1-13-7-2-3-10-8(6-7)9(11)4-5-12-10/h2-4,6,12H,5H2,1H3. The quantitative estimate of drug-likeness (QED) is 0.744. The first kappa shape index (κ1) is 8.45. The normalized spacial score (nSPS) is 14.2. The lowest BCUT2D eigenvalue weighted by molar-refractivity contribution is 0.415. The topological polar surface area (TPSA) is 21.3 Å². The van der Waals surface area contributed by atoms with Crippen molar-refractivity contribution in [3.8, 4) is 5.75 Å². The molecule has 1 aliphatic rings. The summed E-state index contributed by atoms with van der Waals surface area (Å²) < 4.78 is 5.11. The highest BCUT2D eigenvalue weighted by atomic mass is 35.5. The van der Waals surface area contributed by atoms with Gasteiger partial charge < -0.3 is 10.1 Å². The molecule has 0 amide bonds. The molecule has 3 heteroatoms. The molecule has 0 aromatic heterocycles. The molecule has 1 heterocycles. The molecule has 1 N–H and O–H groups in total. The average Bonchev–Trinajstić information content (AvgIpc) is 2.18. The van der Waals surface area contributed by atoms with Crippen molar-refractivity contribution in [2.45, 2.75) is 0 Å². The SMILES string of the molecule is COc1ccc2c(c1)C(Cl)=CCN2. The van der Waals surface area contributed by atoms with Crippen LogP contribution in [0.4, 0.5) is 5.69 Å². The summed E-state index contributed by atoms with van der Waals surface area (Å²) in [6.07, 6.45) is 1.95. The molecular formula is C10H10ClNO. The lowest BCUT2D eigenvalue weighted by atomic mass is 10.1. The van der Waals surface area contributed by atoms with Crippen molar-refractivity contribution in [3.63, 3.8) is 0 Å². The third kappa shape index (κ3) is 1.49. The van der Waals surface area contributed by atoms with Gasteiger partial charge in [-0.25, -0.2) is 0 Å². The molecule has 2 rings (SSSR count). The number of fused-ring (bicyclic) bond motifs is 1. The van der Waals surface area contributed by atoms with Gasteiger partial charge in [0.05, 0.1) is 7.11 Å². The zero-order valence-corrected chi connectivity index (χ0v) is 8.06. The number of nitrogens with one attached hydrogen (secondary N) is 1. The lowest BCUT2D eigenvalue weighted by Gasteiger charge is -2.16. The fourth-order valence-electron chi connectivity index (χ4n) is 1.36. The van der Waals surface area contributed by atoms with Gasteiger partial charge in [-0.15, -0.1) is 0 Å². The molecule has 0 saturated heterocycles. The fourth-order valence-corrected chi connectivity index (χ4v) is 1.60. The molecule has 68 valence electrons. The third-order valence-corrected chi connectivity index (χ3v) is 2.42.